The zero-order chi connectivity index (χ0) is 14.9. The van der Waals surface area contributed by atoms with Gasteiger partial charge in [0.05, 0.1) is 6.10 Å². The molecule has 5 heteroatoms. The average Bonchev–Trinajstić information content (AvgIpc) is 2.93. The number of amides is 1. The van der Waals surface area contributed by atoms with Crippen molar-refractivity contribution in [1.82, 2.24) is 10.2 Å². The summed E-state index contributed by atoms with van der Waals surface area (Å²) in [6.45, 7) is 5.70. The molecule has 1 spiro atoms. The van der Waals surface area contributed by atoms with Crippen molar-refractivity contribution >= 4 is 17.2 Å². The topological polar surface area (TPSA) is 41.6 Å². The van der Waals surface area contributed by atoms with Gasteiger partial charge in [0.1, 0.15) is 11.7 Å². The van der Waals surface area contributed by atoms with Crippen molar-refractivity contribution in [3.05, 3.63) is 22.4 Å². The zero-order valence-corrected chi connectivity index (χ0v) is 13.6. The molecule has 1 aliphatic carbocycles. The quantitative estimate of drug-likeness (QED) is 0.788. The van der Waals surface area contributed by atoms with Crippen molar-refractivity contribution in [2.75, 3.05) is 13.2 Å². The SMILES string of the molecule is CC(C)OCCCCN1C(=O)C2(CC2)NC1c1cccs1. The van der Waals surface area contributed by atoms with Crippen LogP contribution in [0.15, 0.2) is 17.5 Å². The Hall–Kier alpha value is -0.910. The normalized spacial score (nSPS) is 23.5. The summed E-state index contributed by atoms with van der Waals surface area (Å²) in [4.78, 5) is 15.9. The van der Waals surface area contributed by atoms with Gasteiger partial charge < -0.3 is 9.64 Å². The van der Waals surface area contributed by atoms with E-state index in [0.717, 1.165) is 38.8 Å². The highest BCUT2D eigenvalue weighted by Gasteiger charge is 2.59. The third-order valence-corrected chi connectivity index (χ3v) is 5.13. The Morgan fingerprint density at radius 1 is 1.48 bits per heavy atom. The molecule has 0 bridgehead atoms. The van der Waals surface area contributed by atoms with Gasteiger partial charge in [-0.2, -0.15) is 0 Å². The molecule has 0 radical (unpaired) electrons. The minimum atomic E-state index is -0.233. The lowest BCUT2D eigenvalue weighted by Gasteiger charge is -2.23. The molecule has 1 aromatic rings. The second-order valence-corrected chi connectivity index (χ2v) is 7.25. The van der Waals surface area contributed by atoms with E-state index in [1.165, 1.54) is 4.88 Å². The van der Waals surface area contributed by atoms with Gasteiger partial charge in [0.15, 0.2) is 0 Å². The Morgan fingerprint density at radius 3 is 2.90 bits per heavy atom. The number of rotatable bonds is 7. The summed E-state index contributed by atoms with van der Waals surface area (Å²) in [5, 5.41) is 5.64. The number of nitrogens with one attached hydrogen (secondary N) is 1. The third-order valence-electron chi connectivity index (χ3n) is 4.20. The maximum absolute atomic E-state index is 12.6. The summed E-state index contributed by atoms with van der Waals surface area (Å²) in [6, 6.07) is 4.17. The first-order valence-corrected chi connectivity index (χ1v) is 8.74. The Labute approximate surface area is 130 Å². The van der Waals surface area contributed by atoms with Gasteiger partial charge in [-0.05, 0) is 51.0 Å². The largest absolute Gasteiger partial charge is 0.379 e. The number of ether oxygens (including phenoxy) is 1. The summed E-state index contributed by atoms with van der Waals surface area (Å²) in [5.41, 5.74) is -0.233. The molecule has 1 unspecified atom stereocenters. The minimum absolute atomic E-state index is 0.0750. The van der Waals surface area contributed by atoms with Crippen LogP contribution in [-0.2, 0) is 9.53 Å². The molecular formula is C16H24N2O2S. The number of carbonyl (C=O) groups excluding carboxylic acids is 1. The molecule has 2 heterocycles. The minimum Gasteiger partial charge on any atom is -0.379 e. The molecule has 1 N–H and O–H groups in total. The van der Waals surface area contributed by atoms with Crippen LogP contribution in [0.4, 0.5) is 0 Å². The molecule has 1 saturated carbocycles. The molecule has 2 aliphatic rings. The van der Waals surface area contributed by atoms with Gasteiger partial charge in [-0.1, -0.05) is 6.07 Å². The van der Waals surface area contributed by atoms with Crippen molar-refractivity contribution in [2.45, 2.75) is 57.3 Å². The van der Waals surface area contributed by atoms with Crippen LogP contribution in [0.1, 0.15) is 50.6 Å². The van der Waals surface area contributed by atoms with Crippen LogP contribution < -0.4 is 5.32 Å². The summed E-state index contributed by atoms with van der Waals surface area (Å²) in [6.07, 6.45) is 4.34. The van der Waals surface area contributed by atoms with E-state index < -0.39 is 0 Å². The fraction of sp³-hybridized carbons (Fsp3) is 0.688. The van der Waals surface area contributed by atoms with Crippen molar-refractivity contribution in [3.8, 4) is 0 Å². The molecular weight excluding hydrogens is 284 g/mol. The Balaban J connectivity index is 1.57. The van der Waals surface area contributed by atoms with Gasteiger partial charge in [0.2, 0.25) is 5.91 Å². The van der Waals surface area contributed by atoms with Crippen LogP contribution in [-0.4, -0.2) is 35.6 Å². The maximum Gasteiger partial charge on any atom is 0.244 e. The van der Waals surface area contributed by atoms with Crippen molar-refractivity contribution < 1.29 is 9.53 Å². The molecule has 1 aromatic heterocycles. The van der Waals surface area contributed by atoms with E-state index in [4.69, 9.17) is 4.74 Å². The Morgan fingerprint density at radius 2 is 2.29 bits per heavy atom. The second-order valence-electron chi connectivity index (χ2n) is 6.27. The molecule has 2 fully saturated rings. The van der Waals surface area contributed by atoms with Gasteiger partial charge in [0, 0.05) is 18.0 Å². The number of thiophene rings is 1. The Bertz CT molecular complexity index is 482. The maximum atomic E-state index is 12.6. The van der Waals surface area contributed by atoms with Crippen molar-refractivity contribution in [1.29, 1.82) is 0 Å². The summed E-state index contributed by atoms with van der Waals surface area (Å²) < 4.78 is 5.57. The first kappa shape index (κ1) is 15.0. The number of hydrogen-bond donors (Lipinski definition) is 1. The summed E-state index contributed by atoms with van der Waals surface area (Å²) in [7, 11) is 0. The first-order chi connectivity index (χ1) is 10.1. The van der Waals surface area contributed by atoms with Crippen LogP contribution in [0.5, 0.6) is 0 Å². The summed E-state index contributed by atoms with van der Waals surface area (Å²) >= 11 is 1.72. The highest BCUT2D eigenvalue weighted by Crippen LogP contribution is 2.46. The monoisotopic (exact) mass is 308 g/mol. The number of unbranched alkanes of at least 4 members (excludes halogenated alkanes) is 1. The number of nitrogens with zero attached hydrogens (tertiary/aromatic N) is 1. The average molecular weight is 308 g/mol. The van der Waals surface area contributed by atoms with E-state index in [9.17, 15) is 4.79 Å². The van der Waals surface area contributed by atoms with E-state index >= 15 is 0 Å². The fourth-order valence-electron chi connectivity index (χ4n) is 2.88. The van der Waals surface area contributed by atoms with Gasteiger partial charge >= 0.3 is 0 Å². The molecule has 0 aromatic carbocycles. The van der Waals surface area contributed by atoms with E-state index in [0.29, 0.717) is 5.91 Å². The van der Waals surface area contributed by atoms with E-state index in [1.807, 2.05) is 4.90 Å². The Kier molecular flexibility index (Phi) is 4.33. The highest BCUT2D eigenvalue weighted by atomic mass is 32.1. The highest BCUT2D eigenvalue weighted by molar-refractivity contribution is 7.10. The molecule has 116 valence electrons. The lowest BCUT2D eigenvalue weighted by atomic mass is 10.2. The standard InChI is InChI=1S/C16H24N2O2S/c1-12(2)20-10-4-3-9-18-14(13-6-5-11-21-13)17-16(7-8-16)15(18)19/h5-6,11-12,14,17H,3-4,7-10H2,1-2H3. The van der Waals surface area contributed by atoms with Crippen LogP contribution in [0.25, 0.3) is 0 Å². The van der Waals surface area contributed by atoms with Crippen LogP contribution >= 0.6 is 11.3 Å². The van der Waals surface area contributed by atoms with Gasteiger partial charge in [-0.15, -0.1) is 11.3 Å². The number of hydrogen-bond acceptors (Lipinski definition) is 4. The smallest absolute Gasteiger partial charge is 0.244 e. The molecule has 3 rings (SSSR count). The summed E-state index contributed by atoms with van der Waals surface area (Å²) in [5.74, 6) is 0.297. The van der Waals surface area contributed by atoms with Gasteiger partial charge in [-0.25, -0.2) is 0 Å². The van der Waals surface area contributed by atoms with Crippen molar-refractivity contribution in [3.63, 3.8) is 0 Å². The van der Waals surface area contributed by atoms with Crippen LogP contribution in [0.3, 0.4) is 0 Å². The van der Waals surface area contributed by atoms with E-state index in [-0.39, 0.29) is 17.8 Å². The number of carbonyl (C=O) groups is 1. The van der Waals surface area contributed by atoms with Crippen LogP contribution in [0.2, 0.25) is 0 Å². The van der Waals surface area contributed by atoms with Gasteiger partial charge in [0.25, 0.3) is 0 Å². The van der Waals surface area contributed by atoms with Gasteiger partial charge in [-0.3, -0.25) is 10.1 Å². The third kappa shape index (κ3) is 3.15. The van der Waals surface area contributed by atoms with E-state index in [2.05, 4.69) is 36.7 Å². The van der Waals surface area contributed by atoms with Crippen LogP contribution in [0, 0.1) is 0 Å². The molecule has 1 aliphatic heterocycles. The van der Waals surface area contributed by atoms with Crippen molar-refractivity contribution in [2.24, 2.45) is 0 Å². The predicted octanol–water partition coefficient (Wildman–Crippen LogP) is 2.92. The fourth-order valence-corrected chi connectivity index (χ4v) is 3.67. The molecule has 1 atom stereocenters. The van der Waals surface area contributed by atoms with E-state index in [1.54, 1.807) is 11.3 Å². The lowest BCUT2D eigenvalue weighted by molar-refractivity contribution is -0.130. The lowest BCUT2D eigenvalue weighted by Crippen LogP contribution is -2.33. The molecule has 21 heavy (non-hydrogen) atoms. The first-order valence-electron chi connectivity index (χ1n) is 7.86. The molecule has 1 amide bonds. The zero-order valence-electron chi connectivity index (χ0n) is 12.8. The second kappa shape index (κ2) is 6.07. The molecule has 4 nitrogen and oxygen atoms in total. The predicted molar refractivity (Wildman–Crippen MR) is 84.2 cm³/mol. The molecule has 1 saturated heterocycles.